The van der Waals surface area contributed by atoms with Gasteiger partial charge in [0.2, 0.25) is 0 Å². The number of allylic oxidation sites excluding steroid dienone is 1. The molecule has 0 bridgehead atoms. The summed E-state index contributed by atoms with van der Waals surface area (Å²) in [6.07, 6.45) is 5.27. The maximum atomic E-state index is 3.78. The molecule has 82 valence electrons. The number of nitrogens with one attached hydrogen (secondary N) is 1. The Balaban J connectivity index is 2.84. The lowest BCUT2D eigenvalue weighted by Crippen LogP contribution is -2.17. The molecule has 0 spiro atoms. The highest BCUT2D eigenvalue weighted by Crippen LogP contribution is 2.22. The van der Waals surface area contributed by atoms with Crippen molar-refractivity contribution in [1.82, 2.24) is 5.32 Å². The summed E-state index contributed by atoms with van der Waals surface area (Å²) in [4.78, 5) is 0. The molecule has 1 aromatic carbocycles. The molecule has 1 unspecified atom stereocenters. The first kappa shape index (κ1) is 12.0. The first-order valence-corrected chi connectivity index (χ1v) is 5.69. The fraction of sp³-hybridized carbons (Fsp3) is 0.429. The molecule has 0 radical (unpaired) electrons. The molecule has 0 aliphatic rings. The van der Waals surface area contributed by atoms with E-state index in [1.54, 1.807) is 0 Å². The van der Waals surface area contributed by atoms with Gasteiger partial charge in [0.15, 0.2) is 0 Å². The molecular weight excluding hydrogens is 182 g/mol. The molecule has 0 aliphatic heterocycles. The standard InChI is InChI=1S/C14H21N/c1-4-6-11-14(15-3)13-10-8-7-9-12(13)5-2/h4,7-10,14-15H,1,5-6,11H2,2-3H3. The van der Waals surface area contributed by atoms with E-state index in [1.807, 2.05) is 13.1 Å². The predicted molar refractivity (Wildman–Crippen MR) is 67.1 cm³/mol. The monoisotopic (exact) mass is 203 g/mol. The van der Waals surface area contributed by atoms with E-state index in [0.717, 1.165) is 19.3 Å². The van der Waals surface area contributed by atoms with Crippen LogP contribution < -0.4 is 5.32 Å². The van der Waals surface area contributed by atoms with Crippen LogP contribution in [0.25, 0.3) is 0 Å². The minimum Gasteiger partial charge on any atom is -0.313 e. The van der Waals surface area contributed by atoms with Crippen LogP contribution in [0.4, 0.5) is 0 Å². The Labute approximate surface area is 93.2 Å². The average Bonchev–Trinajstić information content (AvgIpc) is 2.30. The van der Waals surface area contributed by atoms with Crippen LogP contribution in [-0.4, -0.2) is 7.05 Å². The fourth-order valence-electron chi connectivity index (χ4n) is 1.94. The van der Waals surface area contributed by atoms with Gasteiger partial charge in [0.25, 0.3) is 0 Å². The summed E-state index contributed by atoms with van der Waals surface area (Å²) in [6, 6.07) is 9.13. The van der Waals surface area contributed by atoms with Crippen molar-refractivity contribution >= 4 is 0 Å². The third-order valence-corrected chi connectivity index (χ3v) is 2.82. The maximum absolute atomic E-state index is 3.78. The van der Waals surface area contributed by atoms with Crippen LogP contribution in [0.3, 0.4) is 0 Å². The molecule has 1 nitrogen and oxygen atoms in total. The van der Waals surface area contributed by atoms with Gasteiger partial charge in [0.05, 0.1) is 0 Å². The van der Waals surface area contributed by atoms with E-state index in [2.05, 4.69) is 43.1 Å². The zero-order chi connectivity index (χ0) is 11.1. The zero-order valence-electron chi connectivity index (χ0n) is 9.79. The second kappa shape index (κ2) is 6.41. The summed E-state index contributed by atoms with van der Waals surface area (Å²) in [5.74, 6) is 0. The molecule has 1 rings (SSSR count). The van der Waals surface area contributed by atoms with E-state index in [9.17, 15) is 0 Å². The SMILES string of the molecule is C=CCCC(NC)c1ccccc1CC. The smallest absolute Gasteiger partial charge is 0.0323 e. The van der Waals surface area contributed by atoms with Crippen LogP contribution in [0.2, 0.25) is 0 Å². The second-order valence-corrected chi connectivity index (χ2v) is 3.76. The van der Waals surface area contributed by atoms with Crippen LogP contribution in [0.1, 0.15) is 36.9 Å². The van der Waals surface area contributed by atoms with Gasteiger partial charge in [-0.2, -0.15) is 0 Å². The van der Waals surface area contributed by atoms with Crippen molar-refractivity contribution in [1.29, 1.82) is 0 Å². The van der Waals surface area contributed by atoms with Gasteiger partial charge >= 0.3 is 0 Å². The Bertz CT molecular complexity index is 304. The topological polar surface area (TPSA) is 12.0 Å². The third-order valence-electron chi connectivity index (χ3n) is 2.82. The average molecular weight is 203 g/mol. The maximum Gasteiger partial charge on any atom is 0.0323 e. The second-order valence-electron chi connectivity index (χ2n) is 3.76. The normalized spacial score (nSPS) is 12.4. The molecule has 1 N–H and O–H groups in total. The first-order chi connectivity index (χ1) is 7.33. The Kier molecular flexibility index (Phi) is 5.13. The third kappa shape index (κ3) is 3.21. The van der Waals surface area contributed by atoms with Crippen molar-refractivity contribution < 1.29 is 0 Å². The summed E-state index contributed by atoms with van der Waals surface area (Å²) in [5, 5.41) is 3.38. The quantitative estimate of drug-likeness (QED) is 0.698. The molecule has 0 aromatic heterocycles. The molecule has 15 heavy (non-hydrogen) atoms. The van der Waals surface area contributed by atoms with Crippen molar-refractivity contribution in [2.24, 2.45) is 0 Å². The van der Waals surface area contributed by atoms with E-state index in [4.69, 9.17) is 0 Å². The Morgan fingerprint density at radius 1 is 1.40 bits per heavy atom. The highest BCUT2D eigenvalue weighted by molar-refractivity contribution is 5.30. The number of benzene rings is 1. The van der Waals surface area contributed by atoms with Crippen molar-refractivity contribution in [2.75, 3.05) is 7.05 Å². The van der Waals surface area contributed by atoms with E-state index < -0.39 is 0 Å². The van der Waals surface area contributed by atoms with Crippen molar-refractivity contribution in [2.45, 2.75) is 32.2 Å². The predicted octanol–water partition coefficient (Wildman–Crippen LogP) is 3.48. The van der Waals surface area contributed by atoms with Gasteiger partial charge in [0.1, 0.15) is 0 Å². The molecule has 0 amide bonds. The lowest BCUT2D eigenvalue weighted by atomic mass is 9.95. The molecule has 1 atom stereocenters. The minimum atomic E-state index is 0.458. The molecular formula is C14H21N. The Morgan fingerprint density at radius 3 is 2.73 bits per heavy atom. The summed E-state index contributed by atoms with van der Waals surface area (Å²) in [6.45, 7) is 5.98. The Hall–Kier alpha value is -1.08. The van der Waals surface area contributed by atoms with Gasteiger partial charge < -0.3 is 5.32 Å². The van der Waals surface area contributed by atoms with Crippen LogP contribution in [0.5, 0.6) is 0 Å². The number of hydrogen-bond acceptors (Lipinski definition) is 1. The molecule has 0 saturated heterocycles. The van der Waals surface area contributed by atoms with Gasteiger partial charge in [-0.05, 0) is 37.4 Å². The van der Waals surface area contributed by atoms with Crippen LogP contribution in [0.15, 0.2) is 36.9 Å². The highest BCUT2D eigenvalue weighted by atomic mass is 14.9. The first-order valence-electron chi connectivity index (χ1n) is 5.69. The summed E-state index contributed by atoms with van der Waals surface area (Å²) in [7, 11) is 2.03. The summed E-state index contributed by atoms with van der Waals surface area (Å²) < 4.78 is 0. The van der Waals surface area contributed by atoms with Gasteiger partial charge in [-0.3, -0.25) is 0 Å². The minimum absolute atomic E-state index is 0.458. The molecule has 0 fully saturated rings. The molecule has 1 heteroatoms. The molecule has 0 heterocycles. The van der Waals surface area contributed by atoms with Gasteiger partial charge in [-0.15, -0.1) is 6.58 Å². The molecule has 0 aliphatic carbocycles. The van der Waals surface area contributed by atoms with Gasteiger partial charge in [-0.25, -0.2) is 0 Å². The lowest BCUT2D eigenvalue weighted by Gasteiger charge is -2.19. The van der Waals surface area contributed by atoms with E-state index in [-0.39, 0.29) is 0 Å². The van der Waals surface area contributed by atoms with Gasteiger partial charge in [-0.1, -0.05) is 37.3 Å². The summed E-state index contributed by atoms with van der Waals surface area (Å²) >= 11 is 0. The van der Waals surface area contributed by atoms with E-state index >= 15 is 0 Å². The van der Waals surface area contributed by atoms with Crippen LogP contribution in [0, 0.1) is 0 Å². The van der Waals surface area contributed by atoms with Crippen molar-refractivity contribution in [3.63, 3.8) is 0 Å². The van der Waals surface area contributed by atoms with Crippen molar-refractivity contribution in [3.05, 3.63) is 48.0 Å². The van der Waals surface area contributed by atoms with Crippen molar-refractivity contribution in [3.8, 4) is 0 Å². The summed E-state index contributed by atoms with van der Waals surface area (Å²) in [5.41, 5.74) is 2.88. The zero-order valence-corrected chi connectivity index (χ0v) is 9.79. The largest absolute Gasteiger partial charge is 0.313 e. The van der Waals surface area contributed by atoms with E-state index in [1.165, 1.54) is 11.1 Å². The van der Waals surface area contributed by atoms with Crippen LogP contribution >= 0.6 is 0 Å². The molecule has 1 aromatic rings. The number of rotatable bonds is 6. The van der Waals surface area contributed by atoms with E-state index in [0.29, 0.717) is 6.04 Å². The lowest BCUT2D eigenvalue weighted by molar-refractivity contribution is 0.550. The number of aryl methyl sites for hydroxylation is 1. The number of hydrogen-bond donors (Lipinski definition) is 1. The highest BCUT2D eigenvalue weighted by Gasteiger charge is 2.10. The van der Waals surface area contributed by atoms with Gasteiger partial charge in [0, 0.05) is 6.04 Å². The fourth-order valence-corrected chi connectivity index (χ4v) is 1.94. The molecule has 0 saturated carbocycles. The van der Waals surface area contributed by atoms with Crippen LogP contribution in [-0.2, 0) is 6.42 Å². The Morgan fingerprint density at radius 2 is 2.13 bits per heavy atom.